The molecule has 0 atom stereocenters. The van der Waals surface area contributed by atoms with Crippen LogP contribution in [-0.4, -0.2) is 17.5 Å². The molecule has 1 fully saturated rings. The molecule has 2 nitrogen and oxygen atoms in total. The second-order valence-corrected chi connectivity index (χ2v) is 5.65. The Hall–Kier alpha value is -0.920. The van der Waals surface area contributed by atoms with Crippen LogP contribution in [-0.2, 0) is 6.54 Å². The zero-order chi connectivity index (χ0) is 13.0. The molecule has 0 spiro atoms. The molecule has 0 aliphatic heterocycles. The summed E-state index contributed by atoms with van der Waals surface area (Å²) in [7, 11) is 0. The molecule has 0 amide bonds. The van der Waals surface area contributed by atoms with Gasteiger partial charge in [-0.25, -0.2) is 4.39 Å². The minimum absolute atomic E-state index is 0.195. The molecule has 0 heterocycles. The standard InChI is InChI=1S/C14H16BrFN2/c15-12-5-6-14(16)11(9-12)10-18(8-7-17)13-3-1-2-4-13/h5-6,9,13H,1-4,8,10H2. The highest BCUT2D eigenvalue weighted by atomic mass is 79.9. The van der Waals surface area contributed by atoms with Crippen LogP contribution in [0.2, 0.25) is 0 Å². The van der Waals surface area contributed by atoms with Crippen LogP contribution in [0, 0.1) is 17.1 Å². The van der Waals surface area contributed by atoms with E-state index in [1.54, 1.807) is 12.1 Å². The van der Waals surface area contributed by atoms with Crippen molar-refractivity contribution in [3.8, 4) is 6.07 Å². The van der Waals surface area contributed by atoms with E-state index in [1.165, 1.54) is 18.9 Å². The van der Waals surface area contributed by atoms with Crippen molar-refractivity contribution in [1.82, 2.24) is 4.90 Å². The lowest BCUT2D eigenvalue weighted by Crippen LogP contribution is -2.33. The van der Waals surface area contributed by atoms with Crippen LogP contribution in [0.15, 0.2) is 22.7 Å². The highest BCUT2D eigenvalue weighted by Crippen LogP contribution is 2.26. The second kappa shape index (κ2) is 6.31. The van der Waals surface area contributed by atoms with Crippen molar-refractivity contribution in [3.63, 3.8) is 0 Å². The Morgan fingerprint density at radius 3 is 2.78 bits per heavy atom. The maximum absolute atomic E-state index is 13.7. The number of benzene rings is 1. The van der Waals surface area contributed by atoms with Gasteiger partial charge in [0.15, 0.2) is 0 Å². The molecule has 0 bridgehead atoms. The predicted octanol–water partition coefficient (Wildman–Crippen LogP) is 3.86. The van der Waals surface area contributed by atoms with Gasteiger partial charge in [-0.1, -0.05) is 28.8 Å². The maximum Gasteiger partial charge on any atom is 0.127 e. The van der Waals surface area contributed by atoms with Crippen LogP contribution in [0.25, 0.3) is 0 Å². The highest BCUT2D eigenvalue weighted by molar-refractivity contribution is 9.10. The molecule has 0 N–H and O–H groups in total. The quantitative estimate of drug-likeness (QED) is 0.790. The van der Waals surface area contributed by atoms with E-state index >= 15 is 0 Å². The lowest BCUT2D eigenvalue weighted by atomic mass is 10.1. The fourth-order valence-corrected chi connectivity index (χ4v) is 2.97. The monoisotopic (exact) mass is 310 g/mol. The first-order valence-electron chi connectivity index (χ1n) is 6.25. The van der Waals surface area contributed by atoms with Gasteiger partial charge in [0, 0.05) is 22.6 Å². The smallest absolute Gasteiger partial charge is 0.127 e. The summed E-state index contributed by atoms with van der Waals surface area (Å²) in [6, 6.07) is 7.59. The molecule has 1 aliphatic carbocycles. The van der Waals surface area contributed by atoms with Crippen molar-refractivity contribution in [3.05, 3.63) is 34.1 Å². The molecule has 18 heavy (non-hydrogen) atoms. The Morgan fingerprint density at radius 1 is 1.39 bits per heavy atom. The minimum Gasteiger partial charge on any atom is -0.283 e. The van der Waals surface area contributed by atoms with E-state index in [1.807, 2.05) is 0 Å². The van der Waals surface area contributed by atoms with Gasteiger partial charge in [0.25, 0.3) is 0 Å². The fourth-order valence-electron chi connectivity index (χ4n) is 2.56. The zero-order valence-electron chi connectivity index (χ0n) is 10.2. The number of rotatable bonds is 4. The van der Waals surface area contributed by atoms with Gasteiger partial charge in [-0.2, -0.15) is 5.26 Å². The highest BCUT2D eigenvalue weighted by Gasteiger charge is 2.23. The van der Waals surface area contributed by atoms with Crippen LogP contribution < -0.4 is 0 Å². The molecule has 0 radical (unpaired) electrons. The molecule has 0 saturated heterocycles. The Labute approximate surface area is 116 Å². The van der Waals surface area contributed by atoms with E-state index in [4.69, 9.17) is 5.26 Å². The van der Waals surface area contributed by atoms with Gasteiger partial charge >= 0.3 is 0 Å². The average Bonchev–Trinajstić information content (AvgIpc) is 2.87. The Morgan fingerprint density at radius 2 is 2.11 bits per heavy atom. The molecular formula is C14H16BrFN2. The lowest BCUT2D eigenvalue weighted by molar-refractivity contribution is 0.211. The largest absolute Gasteiger partial charge is 0.283 e. The van der Waals surface area contributed by atoms with Crippen molar-refractivity contribution in [1.29, 1.82) is 5.26 Å². The third-order valence-electron chi connectivity index (χ3n) is 3.50. The van der Waals surface area contributed by atoms with E-state index in [0.29, 0.717) is 24.7 Å². The summed E-state index contributed by atoms with van der Waals surface area (Å²) in [6.07, 6.45) is 4.68. The third-order valence-corrected chi connectivity index (χ3v) is 3.99. The summed E-state index contributed by atoms with van der Waals surface area (Å²) >= 11 is 3.36. The molecule has 1 aliphatic rings. The number of hydrogen-bond acceptors (Lipinski definition) is 2. The van der Waals surface area contributed by atoms with E-state index in [-0.39, 0.29) is 5.82 Å². The van der Waals surface area contributed by atoms with Crippen LogP contribution in [0.3, 0.4) is 0 Å². The fraction of sp³-hybridized carbons (Fsp3) is 0.500. The maximum atomic E-state index is 13.7. The van der Waals surface area contributed by atoms with Gasteiger partial charge in [0.2, 0.25) is 0 Å². The van der Waals surface area contributed by atoms with Crippen LogP contribution in [0.1, 0.15) is 31.2 Å². The Bertz CT molecular complexity index is 450. The van der Waals surface area contributed by atoms with Crippen molar-refractivity contribution < 1.29 is 4.39 Å². The van der Waals surface area contributed by atoms with Crippen LogP contribution in [0.5, 0.6) is 0 Å². The van der Waals surface area contributed by atoms with Crippen LogP contribution in [0.4, 0.5) is 4.39 Å². The molecule has 4 heteroatoms. The molecule has 1 aromatic rings. The summed E-state index contributed by atoms with van der Waals surface area (Å²) < 4.78 is 14.6. The van der Waals surface area contributed by atoms with Gasteiger partial charge in [0.1, 0.15) is 5.82 Å². The molecule has 0 unspecified atom stereocenters. The average molecular weight is 311 g/mol. The molecular weight excluding hydrogens is 295 g/mol. The van der Waals surface area contributed by atoms with Crippen molar-refractivity contribution >= 4 is 15.9 Å². The van der Waals surface area contributed by atoms with E-state index in [9.17, 15) is 4.39 Å². The van der Waals surface area contributed by atoms with Gasteiger partial charge < -0.3 is 0 Å². The zero-order valence-corrected chi connectivity index (χ0v) is 11.8. The van der Waals surface area contributed by atoms with Gasteiger partial charge in [-0.15, -0.1) is 0 Å². The van der Waals surface area contributed by atoms with Crippen LogP contribution >= 0.6 is 15.9 Å². The number of nitrogens with zero attached hydrogens (tertiary/aromatic N) is 2. The molecule has 1 aromatic carbocycles. The second-order valence-electron chi connectivity index (χ2n) is 4.74. The van der Waals surface area contributed by atoms with Gasteiger partial charge in [-0.3, -0.25) is 4.90 Å². The molecule has 96 valence electrons. The van der Waals surface area contributed by atoms with E-state index in [2.05, 4.69) is 26.9 Å². The first kappa shape index (κ1) is 13.5. The first-order chi connectivity index (χ1) is 8.70. The lowest BCUT2D eigenvalue weighted by Gasteiger charge is -2.26. The number of nitriles is 1. The summed E-state index contributed by atoms with van der Waals surface area (Å²) in [5, 5.41) is 8.90. The normalized spacial score (nSPS) is 16.1. The third kappa shape index (κ3) is 3.30. The molecule has 2 rings (SSSR count). The molecule has 0 aromatic heterocycles. The Balaban J connectivity index is 2.12. The summed E-state index contributed by atoms with van der Waals surface area (Å²) in [6.45, 7) is 0.889. The van der Waals surface area contributed by atoms with Crippen molar-refractivity contribution in [2.75, 3.05) is 6.54 Å². The molecule has 1 saturated carbocycles. The van der Waals surface area contributed by atoms with E-state index < -0.39 is 0 Å². The summed E-state index contributed by atoms with van der Waals surface area (Å²) in [5.74, 6) is -0.195. The number of halogens is 2. The van der Waals surface area contributed by atoms with Gasteiger partial charge in [0.05, 0.1) is 12.6 Å². The SMILES string of the molecule is N#CCN(Cc1cc(Br)ccc1F)C1CCCC1. The predicted molar refractivity (Wildman–Crippen MR) is 72.4 cm³/mol. The topological polar surface area (TPSA) is 27.0 Å². The van der Waals surface area contributed by atoms with Crippen molar-refractivity contribution in [2.24, 2.45) is 0 Å². The van der Waals surface area contributed by atoms with Gasteiger partial charge in [-0.05, 0) is 31.0 Å². The van der Waals surface area contributed by atoms with E-state index in [0.717, 1.165) is 17.3 Å². The van der Waals surface area contributed by atoms with Crippen molar-refractivity contribution in [2.45, 2.75) is 38.3 Å². The Kier molecular flexibility index (Phi) is 4.73. The summed E-state index contributed by atoms with van der Waals surface area (Å²) in [5.41, 5.74) is 0.659. The first-order valence-corrected chi connectivity index (χ1v) is 7.05. The minimum atomic E-state index is -0.195. The summed E-state index contributed by atoms with van der Waals surface area (Å²) in [4.78, 5) is 2.10. The number of hydrogen-bond donors (Lipinski definition) is 0.